The van der Waals surface area contributed by atoms with E-state index in [9.17, 15) is 4.79 Å². The molecule has 0 aromatic carbocycles. The van der Waals surface area contributed by atoms with E-state index in [2.05, 4.69) is 24.5 Å². The van der Waals surface area contributed by atoms with Crippen LogP contribution in [0, 0.1) is 5.41 Å². The van der Waals surface area contributed by atoms with Crippen LogP contribution in [-0.2, 0) is 4.79 Å². The number of amides is 1. The summed E-state index contributed by atoms with van der Waals surface area (Å²) in [6.07, 6.45) is 7.05. The molecule has 1 saturated carbocycles. The molecule has 16 heavy (non-hydrogen) atoms. The molecule has 0 saturated heterocycles. The lowest BCUT2D eigenvalue weighted by atomic mass is 9.85. The van der Waals surface area contributed by atoms with Crippen molar-refractivity contribution in [2.45, 2.75) is 58.4 Å². The van der Waals surface area contributed by atoms with Crippen molar-refractivity contribution >= 4 is 5.91 Å². The van der Waals surface area contributed by atoms with Crippen molar-refractivity contribution in [2.24, 2.45) is 5.41 Å². The highest BCUT2D eigenvalue weighted by molar-refractivity contribution is 5.75. The monoisotopic (exact) mass is 226 g/mol. The largest absolute Gasteiger partial charge is 0.359 e. The Bertz CT molecular complexity index is 226. The molecule has 94 valence electrons. The zero-order valence-electron chi connectivity index (χ0n) is 10.9. The van der Waals surface area contributed by atoms with Crippen LogP contribution in [0.2, 0.25) is 0 Å². The van der Waals surface area contributed by atoms with E-state index in [0.717, 1.165) is 6.54 Å². The molecule has 1 atom stereocenters. The molecule has 1 amide bonds. The Morgan fingerprint density at radius 1 is 1.31 bits per heavy atom. The maximum atomic E-state index is 11.1. The van der Waals surface area contributed by atoms with Gasteiger partial charge in [0, 0.05) is 26.1 Å². The second kappa shape index (κ2) is 6.24. The molecule has 1 aliphatic carbocycles. The predicted molar refractivity (Wildman–Crippen MR) is 67.3 cm³/mol. The van der Waals surface area contributed by atoms with Crippen LogP contribution in [0.5, 0.6) is 0 Å². The van der Waals surface area contributed by atoms with E-state index in [-0.39, 0.29) is 5.91 Å². The Labute approximate surface area is 99.4 Å². The molecular formula is C13H26N2O. The van der Waals surface area contributed by atoms with Crippen LogP contribution in [0.15, 0.2) is 0 Å². The molecule has 1 unspecified atom stereocenters. The first-order valence-electron chi connectivity index (χ1n) is 6.47. The summed E-state index contributed by atoms with van der Waals surface area (Å²) >= 11 is 0. The number of rotatable bonds is 4. The number of carbonyl (C=O) groups excluding carboxylic acids is 1. The molecule has 0 spiro atoms. The zero-order valence-corrected chi connectivity index (χ0v) is 10.9. The molecule has 0 aromatic rings. The molecule has 1 fully saturated rings. The van der Waals surface area contributed by atoms with Crippen molar-refractivity contribution in [3.63, 3.8) is 0 Å². The summed E-state index contributed by atoms with van der Waals surface area (Å²) in [5.41, 5.74) is 0.511. The van der Waals surface area contributed by atoms with Gasteiger partial charge in [-0.05, 0) is 31.1 Å². The van der Waals surface area contributed by atoms with E-state index in [0.29, 0.717) is 17.9 Å². The predicted octanol–water partition coefficient (Wildman–Crippen LogP) is 2.07. The summed E-state index contributed by atoms with van der Waals surface area (Å²) in [4.78, 5) is 11.1. The van der Waals surface area contributed by atoms with E-state index >= 15 is 0 Å². The Morgan fingerprint density at radius 2 is 2.06 bits per heavy atom. The third-order valence-corrected chi connectivity index (χ3v) is 3.64. The van der Waals surface area contributed by atoms with Crippen LogP contribution < -0.4 is 10.6 Å². The molecule has 0 heterocycles. The fraction of sp³-hybridized carbons (Fsp3) is 0.923. The average Bonchev–Trinajstić information content (AvgIpc) is 2.40. The van der Waals surface area contributed by atoms with Gasteiger partial charge in [0.05, 0.1) is 0 Å². The third kappa shape index (κ3) is 4.97. The molecule has 2 N–H and O–H groups in total. The van der Waals surface area contributed by atoms with Crippen molar-refractivity contribution in [1.29, 1.82) is 0 Å². The first kappa shape index (κ1) is 13.5. The zero-order chi connectivity index (χ0) is 12.0. The van der Waals surface area contributed by atoms with Gasteiger partial charge in [-0.25, -0.2) is 0 Å². The van der Waals surface area contributed by atoms with E-state index in [1.165, 1.54) is 32.1 Å². The average molecular weight is 226 g/mol. The summed E-state index contributed by atoms with van der Waals surface area (Å²) in [6, 6.07) is 0.617. The summed E-state index contributed by atoms with van der Waals surface area (Å²) in [6.45, 7) is 5.53. The molecule has 1 aliphatic rings. The lowest BCUT2D eigenvalue weighted by molar-refractivity contribution is -0.120. The highest BCUT2D eigenvalue weighted by Crippen LogP contribution is 2.33. The van der Waals surface area contributed by atoms with Crippen molar-refractivity contribution < 1.29 is 4.79 Å². The smallest absolute Gasteiger partial charge is 0.221 e. The van der Waals surface area contributed by atoms with Gasteiger partial charge >= 0.3 is 0 Å². The van der Waals surface area contributed by atoms with Crippen LogP contribution in [0.1, 0.15) is 52.4 Å². The topological polar surface area (TPSA) is 41.1 Å². The minimum atomic E-state index is 0.126. The van der Waals surface area contributed by atoms with Gasteiger partial charge in [-0.3, -0.25) is 4.79 Å². The van der Waals surface area contributed by atoms with Crippen LogP contribution >= 0.6 is 0 Å². The molecule has 0 bridgehead atoms. The lowest BCUT2D eigenvalue weighted by Gasteiger charge is -2.22. The van der Waals surface area contributed by atoms with Gasteiger partial charge < -0.3 is 10.6 Å². The van der Waals surface area contributed by atoms with E-state index < -0.39 is 0 Å². The van der Waals surface area contributed by atoms with Gasteiger partial charge in [0.2, 0.25) is 5.91 Å². The Morgan fingerprint density at radius 3 is 2.75 bits per heavy atom. The SMILES string of the molecule is CNC(=O)CCNC1CCCC(C)(C)CC1. The van der Waals surface area contributed by atoms with Crippen molar-refractivity contribution in [3.8, 4) is 0 Å². The van der Waals surface area contributed by atoms with Crippen molar-refractivity contribution in [2.75, 3.05) is 13.6 Å². The molecule has 0 aliphatic heterocycles. The molecule has 3 nitrogen and oxygen atoms in total. The van der Waals surface area contributed by atoms with Gasteiger partial charge in [-0.1, -0.05) is 20.3 Å². The van der Waals surface area contributed by atoms with Crippen LogP contribution in [0.4, 0.5) is 0 Å². The van der Waals surface area contributed by atoms with Gasteiger partial charge in [0.1, 0.15) is 0 Å². The minimum absolute atomic E-state index is 0.126. The Kier molecular flexibility index (Phi) is 5.26. The highest BCUT2D eigenvalue weighted by Gasteiger charge is 2.23. The van der Waals surface area contributed by atoms with Crippen molar-refractivity contribution in [1.82, 2.24) is 10.6 Å². The van der Waals surface area contributed by atoms with Crippen LogP contribution in [0.3, 0.4) is 0 Å². The van der Waals surface area contributed by atoms with Crippen LogP contribution in [-0.4, -0.2) is 25.5 Å². The number of hydrogen-bond donors (Lipinski definition) is 2. The number of hydrogen-bond acceptors (Lipinski definition) is 2. The molecule has 1 rings (SSSR count). The van der Waals surface area contributed by atoms with E-state index in [1.54, 1.807) is 7.05 Å². The molecule has 0 radical (unpaired) electrons. The van der Waals surface area contributed by atoms with Gasteiger partial charge in [0.25, 0.3) is 0 Å². The fourth-order valence-electron chi connectivity index (χ4n) is 2.38. The Hall–Kier alpha value is -0.570. The maximum Gasteiger partial charge on any atom is 0.221 e. The highest BCUT2D eigenvalue weighted by atomic mass is 16.1. The second-order valence-electron chi connectivity index (χ2n) is 5.67. The standard InChI is InChI=1S/C13H26N2O/c1-13(2)8-4-5-11(6-9-13)15-10-7-12(16)14-3/h11,15H,4-10H2,1-3H3,(H,14,16). The van der Waals surface area contributed by atoms with Crippen molar-refractivity contribution in [3.05, 3.63) is 0 Å². The second-order valence-corrected chi connectivity index (χ2v) is 5.67. The molecule has 0 aromatic heterocycles. The first-order chi connectivity index (χ1) is 7.53. The summed E-state index contributed by atoms with van der Waals surface area (Å²) in [5, 5.41) is 6.15. The first-order valence-corrected chi connectivity index (χ1v) is 6.47. The van der Waals surface area contributed by atoms with Gasteiger partial charge in [-0.15, -0.1) is 0 Å². The minimum Gasteiger partial charge on any atom is -0.359 e. The normalized spacial score (nSPS) is 24.8. The molecule has 3 heteroatoms. The summed E-state index contributed by atoms with van der Waals surface area (Å²) in [5.74, 6) is 0.126. The Balaban J connectivity index is 2.20. The summed E-state index contributed by atoms with van der Waals surface area (Å²) in [7, 11) is 1.69. The maximum absolute atomic E-state index is 11.1. The van der Waals surface area contributed by atoms with Gasteiger partial charge in [-0.2, -0.15) is 0 Å². The lowest BCUT2D eigenvalue weighted by Crippen LogP contribution is -2.32. The summed E-state index contributed by atoms with van der Waals surface area (Å²) < 4.78 is 0. The quantitative estimate of drug-likeness (QED) is 0.721. The number of nitrogens with one attached hydrogen (secondary N) is 2. The fourth-order valence-corrected chi connectivity index (χ4v) is 2.38. The third-order valence-electron chi connectivity index (χ3n) is 3.64. The van der Waals surface area contributed by atoms with E-state index in [4.69, 9.17) is 0 Å². The molecular weight excluding hydrogens is 200 g/mol. The van der Waals surface area contributed by atoms with Crippen LogP contribution in [0.25, 0.3) is 0 Å². The number of carbonyl (C=O) groups is 1. The van der Waals surface area contributed by atoms with Gasteiger partial charge in [0.15, 0.2) is 0 Å². The van der Waals surface area contributed by atoms with E-state index in [1.807, 2.05) is 0 Å².